The number of hydrogen-bond donors (Lipinski definition) is 1. The Kier molecular flexibility index (Phi) is 10.2. The molecule has 0 radical (unpaired) electrons. The van der Waals surface area contributed by atoms with Gasteiger partial charge in [-0.15, -0.1) is 0 Å². The van der Waals surface area contributed by atoms with Crippen molar-refractivity contribution in [1.82, 2.24) is 14.7 Å². The summed E-state index contributed by atoms with van der Waals surface area (Å²) in [6.45, 7) is 5.97. The fraction of sp³-hybridized carbons (Fsp3) is 0.250. The second-order valence-corrected chi connectivity index (χ2v) is 15.2. The van der Waals surface area contributed by atoms with Gasteiger partial charge in [0.05, 0.1) is 17.0 Å². The molecule has 1 atom stereocenters. The number of alkyl halides is 3. The minimum absolute atomic E-state index is 0.0378. The first kappa shape index (κ1) is 37.7. The summed E-state index contributed by atoms with van der Waals surface area (Å²) in [7, 11) is 0. The van der Waals surface area contributed by atoms with Crippen molar-refractivity contribution < 1.29 is 27.5 Å². The Balaban J connectivity index is 1.44. The predicted octanol–water partition coefficient (Wildman–Crippen LogP) is 10.8. The van der Waals surface area contributed by atoms with E-state index in [2.05, 4.69) is 5.32 Å². The molecule has 1 unspecified atom stereocenters. The molecule has 1 saturated heterocycles. The van der Waals surface area contributed by atoms with Gasteiger partial charge in [0.1, 0.15) is 11.1 Å². The van der Waals surface area contributed by atoms with E-state index in [0.29, 0.717) is 30.3 Å². The number of hydrogen-bond acceptors (Lipinski definition) is 4. The van der Waals surface area contributed by atoms with Crippen molar-refractivity contribution in [2.45, 2.75) is 50.9 Å². The van der Waals surface area contributed by atoms with E-state index < -0.39 is 34.9 Å². The number of halogens is 4. The minimum atomic E-state index is -4.68. The molecule has 0 spiro atoms. The molecule has 2 heterocycles. The van der Waals surface area contributed by atoms with Gasteiger partial charge in [0.2, 0.25) is 5.91 Å². The van der Waals surface area contributed by atoms with E-state index in [-0.39, 0.29) is 34.4 Å². The zero-order valence-corrected chi connectivity index (χ0v) is 31.4. The summed E-state index contributed by atoms with van der Waals surface area (Å²) >= 11 is 6.06. The number of nitrogens with one attached hydrogen (secondary N) is 1. The summed E-state index contributed by atoms with van der Waals surface area (Å²) in [6.07, 6.45) is -4.06. The molecular weight excluding hydrogens is 725 g/mol. The monoisotopic (exact) mass is 764 g/mol. The Labute approximate surface area is 322 Å². The molecule has 7 rings (SSSR count). The highest BCUT2D eigenvalue weighted by atomic mass is 35.5. The number of piperidine rings is 1. The van der Waals surface area contributed by atoms with Gasteiger partial charge in [-0.1, -0.05) is 115 Å². The normalized spacial score (nSPS) is 15.2. The molecular formula is C44H40ClF3N4O3. The van der Waals surface area contributed by atoms with Crippen LogP contribution < -0.4 is 5.32 Å². The number of nitrogens with zero attached hydrogens (tertiary/aromatic N) is 3. The number of likely N-dealkylation sites (tertiary alicyclic amines) is 1. The number of anilines is 1. The molecule has 1 aliphatic heterocycles. The Bertz CT molecular complexity index is 2230. The average molecular weight is 765 g/mol. The first-order chi connectivity index (χ1) is 26.3. The van der Waals surface area contributed by atoms with Gasteiger partial charge in [0.25, 0.3) is 0 Å². The van der Waals surface area contributed by atoms with E-state index in [0.717, 1.165) is 22.8 Å². The third-order valence-corrected chi connectivity index (χ3v) is 10.1. The molecule has 7 nitrogen and oxygen atoms in total. The molecule has 55 heavy (non-hydrogen) atoms. The summed E-state index contributed by atoms with van der Waals surface area (Å²) in [5, 5.41) is 8.63. The molecule has 282 valence electrons. The molecule has 2 amide bonds. The van der Waals surface area contributed by atoms with E-state index in [4.69, 9.17) is 21.4 Å². The van der Waals surface area contributed by atoms with Crippen LogP contribution in [0.3, 0.4) is 0 Å². The van der Waals surface area contributed by atoms with Crippen molar-refractivity contribution in [3.05, 3.63) is 155 Å². The second-order valence-electron chi connectivity index (χ2n) is 14.7. The molecule has 1 aliphatic rings. The van der Waals surface area contributed by atoms with Crippen molar-refractivity contribution in [2.24, 2.45) is 5.92 Å². The van der Waals surface area contributed by atoms with E-state index >= 15 is 0 Å². The Hall–Kier alpha value is -5.61. The molecule has 0 aliphatic carbocycles. The number of carbonyl (C=O) groups is 2. The van der Waals surface area contributed by atoms with Gasteiger partial charge in [-0.05, 0) is 85.7 Å². The quantitative estimate of drug-likeness (QED) is 0.164. The summed E-state index contributed by atoms with van der Waals surface area (Å²) in [5.74, 6) is -0.775. The smallest absolute Gasteiger partial charge is 0.417 e. The minimum Gasteiger partial charge on any atom is -0.444 e. The molecule has 6 aromatic rings. The maximum Gasteiger partial charge on any atom is 0.417 e. The third-order valence-electron chi connectivity index (χ3n) is 9.86. The van der Waals surface area contributed by atoms with Gasteiger partial charge in [-0.25, -0.2) is 9.48 Å². The standard InChI is InChI=1S/C44H40ClF3N4O3/c1-42(2,3)55-41(54)51-25-13-14-30(28-51)40(53)49-39-36-26-29(35-23-22-34(45)27-37(35)44(46,47)48)21-24-38(36)52(50-39)43(31-15-7-4-8-16-31,32-17-9-5-10-18-32)33-19-11-6-12-20-33/h4-12,15-24,26-27,30H,13-14,25,28H2,1-3H3,(H,49,50,53). The van der Waals surface area contributed by atoms with E-state index in [9.17, 15) is 22.8 Å². The third kappa shape index (κ3) is 7.56. The van der Waals surface area contributed by atoms with Gasteiger partial charge >= 0.3 is 12.3 Å². The molecule has 0 saturated carbocycles. The van der Waals surface area contributed by atoms with Crippen LogP contribution in [0, 0.1) is 5.92 Å². The van der Waals surface area contributed by atoms with E-state index in [1.807, 2.05) is 95.7 Å². The molecule has 5 aromatic carbocycles. The second kappa shape index (κ2) is 14.9. The van der Waals surface area contributed by atoms with Crippen molar-refractivity contribution >= 4 is 40.3 Å². The van der Waals surface area contributed by atoms with Crippen molar-refractivity contribution in [3.8, 4) is 11.1 Å². The number of carbonyl (C=O) groups excluding carboxylic acids is 2. The van der Waals surface area contributed by atoms with Crippen LogP contribution in [-0.4, -0.2) is 45.4 Å². The van der Waals surface area contributed by atoms with Crippen molar-refractivity contribution in [3.63, 3.8) is 0 Å². The Morgan fingerprint density at radius 2 is 1.38 bits per heavy atom. The van der Waals surface area contributed by atoms with Crippen LogP contribution in [0.1, 0.15) is 55.9 Å². The predicted molar refractivity (Wildman–Crippen MR) is 209 cm³/mol. The van der Waals surface area contributed by atoms with Crippen LogP contribution in [-0.2, 0) is 21.2 Å². The van der Waals surface area contributed by atoms with Crippen LogP contribution in [0.25, 0.3) is 22.0 Å². The lowest BCUT2D eigenvalue weighted by atomic mass is 9.77. The van der Waals surface area contributed by atoms with Gasteiger partial charge < -0.3 is 15.0 Å². The van der Waals surface area contributed by atoms with Gasteiger partial charge in [0, 0.05) is 23.5 Å². The maximum absolute atomic E-state index is 14.4. The van der Waals surface area contributed by atoms with Crippen LogP contribution in [0.5, 0.6) is 0 Å². The topological polar surface area (TPSA) is 76.5 Å². The number of ether oxygens (including phenoxy) is 1. The van der Waals surface area contributed by atoms with Crippen molar-refractivity contribution in [1.29, 1.82) is 0 Å². The molecule has 1 fully saturated rings. The number of amides is 2. The zero-order chi connectivity index (χ0) is 39.0. The largest absolute Gasteiger partial charge is 0.444 e. The van der Waals surface area contributed by atoms with E-state index in [1.54, 1.807) is 39.0 Å². The van der Waals surface area contributed by atoms with Crippen LogP contribution in [0.2, 0.25) is 5.02 Å². The summed E-state index contributed by atoms with van der Waals surface area (Å²) in [5.41, 5.74) is 0.709. The molecule has 11 heteroatoms. The highest BCUT2D eigenvalue weighted by Crippen LogP contribution is 2.45. The molecule has 0 bridgehead atoms. The average Bonchev–Trinajstić information content (AvgIpc) is 3.52. The van der Waals surface area contributed by atoms with Gasteiger partial charge in [-0.3, -0.25) is 4.79 Å². The zero-order valence-electron chi connectivity index (χ0n) is 30.6. The van der Waals surface area contributed by atoms with Crippen LogP contribution >= 0.6 is 11.6 Å². The Morgan fingerprint density at radius 3 is 1.93 bits per heavy atom. The van der Waals surface area contributed by atoms with Gasteiger partial charge in [0.15, 0.2) is 5.82 Å². The summed E-state index contributed by atoms with van der Waals surface area (Å²) in [4.78, 5) is 28.7. The molecule has 1 N–H and O–H groups in total. The Morgan fingerprint density at radius 1 is 0.800 bits per heavy atom. The van der Waals surface area contributed by atoms with E-state index in [1.165, 1.54) is 17.0 Å². The van der Waals surface area contributed by atoms with Crippen LogP contribution in [0.15, 0.2) is 127 Å². The number of fused-ring (bicyclic) bond motifs is 1. The lowest BCUT2D eigenvalue weighted by Gasteiger charge is -2.37. The highest BCUT2D eigenvalue weighted by molar-refractivity contribution is 6.30. The summed E-state index contributed by atoms with van der Waals surface area (Å²) < 4.78 is 50.7. The number of benzene rings is 5. The van der Waals surface area contributed by atoms with Crippen LogP contribution in [0.4, 0.5) is 23.8 Å². The fourth-order valence-corrected chi connectivity index (χ4v) is 7.62. The first-order valence-electron chi connectivity index (χ1n) is 18.1. The fourth-order valence-electron chi connectivity index (χ4n) is 7.44. The van der Waals surface area contributed by atoms with Gasteiger partial charge in [-0.2, -0.15) is 18.3 Å². The lowest BCUT2D eigenvalue weighted by Crippen LogP contribution is -2.45. The number of rotatable bonds is 7. The lowest BCUT2D eigenvalue weighted by molar-refractivity contribution is -0.137. The SMILES string of the molecule is CC(C)(C)OC(=O)N1CCCC(C(=O)Nc2nn(C(c3ccccc3)(c3ccccc3)c3ccccc3)c3ccc(-c4ccc(Cl)cc4C(F)(F)F)cc23)C1. The highest BCUT2D eigenvalue weighted by Gasteiger charge is 2.42. The summed E-state index contributed by atoms with van der Waals surface area (Å²) in [6, 6.07) is 38.2. The number of aromatic nitrogens is 2. The maximum atomic E-state index is 14.4. The first-order valence-corrected chi connectivity index (χ1v) is 18.5. The molecule has 1 aromatic heterocycles. The van der Waals surface area contributed by atoms with Crippen molar-refractivity contribution in [2.75, 3.05) is 18.4 Å².